The Morgan fingerprint density at radius 1 is 1.13 bits per heavy atom. The highest BCUT2D eigenvalue weighted by molar-refractivity contribution is 6.31. The highest BCUT2D eigenvalue weighted by atomic mass is 35.5. The highest BCUT2D eigenvalue weighted by Gasteiger charge is 2.29. The Morgan fingerprint density at radius 2 is 1.95 bits per heavy atom. The van der Waals surface area contributed by atoms with Crippen LogP contribution in [0.5, 0.6) is 0 Å². The molecule has 0 radical (unpaired) electrons. The van der Waals surface area contributed by atoms with Crippen LogP contribution in [0.2, 0.25) is 5.15 Å². The van der Waals surface area contributed by atoms with E-state index in [0.717, 1.165) is 33.6 Å². The van der Waals surface area contributed by atoms with Gasteiger partial charge in [0.2, 0.25) is 0 Å². The number of rotatable bonds is 5. The third-order valence-electron chi connectivity index (χ3n) is 6.78. The molecular formula is C27H23ClN8O3. The number of benzene rings is 2. The van der Waals surface area contributed by atoms with Crippen molar-refractivity contribution in [2.45, 2.75) is 25.8 Å². The number of aryl methyl sites for hydroxylation is 2. The Balaban J connectivity index is 1.33. The van der Waals surface area contributed by atoms with Crippen molar-refractivity contribution in [2.75, 3.05) is 12.4 Å². The predicted molar refractivity (Wildman–Crippen MR) is 145 cm³/mol. The molecular weight excluding hydrogens is 520 g/mol. The highest BCUT2D eigenvalue weighted by Crippen LogP contribution is 2.35. The quantitative estimate of drug-likeness (QED) is 0.332. The Hall–Kier alpha value is -4.77. The lowest BCUT2D eigenvalue weighted by Gasteiger charge is -2.15. The molecule has 2 aromatic carbocycles. The van der Waals surface area contributed by atoms with Crippen molar-refractivity contribution < 1.29 is 9.53 Å². The molecule has 0 bridgehead atoms. The molecule has 0 saturated heterocycles. The van der Waals surface area contributed by atoms with Crippen LogP contribution in [-0.2, 0) is 11.2 Å². The number of carbonyl (C=O) groups is 1. The first-order valence-electron chi connectivity index (χ1n) is 12.2. The second kappa shape index (κ2) is 9.84. The molecule has 6 rings (SSSR count). The topological polar surface area (TPSA) is 133 Å². The predicted octanol–water partition coefficient (Wildman–Crippen LogP) is 4.56. The fourth-order valence-electron chi connectivity index (χ4n) is 4.96. The van der Waals surface area contributed by atoms with Crippen molar-refractivity contribution in [3.05, 3.63) is 93.5 Å². The van der Waals surface area contributed by atoms with E-state index in [4.69, 9.17) is 16.6 Å². The number of ether oxygens (including phenoxy) is 1. The molecule has 196 valence electrons. The van der Waals surface area contributed by atoms with E-state index < -0.39 is 6.09 Å². The summed E-state index contributed by atoms with van der Waals surface area (Å²) in [6.45, 7) is 2.00. The zero-order valence-electron chi connectivity index (χ0n) is 21.1. The zero-order valence-corrected chi connectivity index (χ0v) is 21.8. The number of nitrogens with one attached hydrogen (secondary N) is 2. The van der Waals surface area contributed by atoms with Crippen molar-refractivity contribution >= 4 is 23.4 Å². The van der Waals surface area contributed by atoms with E-state index in [9.17, 15) is 9.59 Å². The van der Waals surface area contributed by atoms with Crippen LogP contribution in [0.4, 0.5) is 10.5 Å². The van der Waals surface area contributed by atoms with Crippen LogP contribution in [0.3, 0.4) is 0 Å². The number of hydrogen-bond donors (Lipinski definition) is 2. The van der Waals surface area contributed by atoms with Gasteiger partial charge in [-0.25, -0.2) is 9.78 Å². The van der Waals surface area contributed by atoms with Crippen molar-refractivity contribution in [3.8, 4) is 28.1 Å². The van der Waals surface area contributed by atoms with Crippen LogP contribution in [-0.4, -0.2) is 47.9 Å². The molecule has 0 fully saturated rings. The number of fused-ring (bicyclic) bond motifs is 1. The molecule has 3 aromatic heterocycles. The number of amides is 1. The van der Waals surface area contributed by atoms with E-state index in [1.54, 1.807) is 27.4 Å². The third-order valence-corrected chi connectivity index (χ3v) is 7.05. The minimum Gasteiger partial charge on any atom is -0.453 e. The van der Waals surface area contributed by atoms with Gasteiger partial charge in [0.25, 0.3) is 5.56 Å². The summed E-state index contributed by atoms with van der Waals surface area (Å²) in [5.41, 5.74) is 6.25. The molecule has 1 atom stereocenters. The van der Waals surface area contributed by atoms with E-state index in [1.807, 2.05) is 43.3 Å². The lowest BCUT2D eigenvalue weighted by molar-refractivity contribution is 0.187. The van der Waals surface area contributed by atoms with Gasteiger partial charge < -0.3 is 14.3 Å². The van der Waals surface area contributed by atoms with Gasteiger partial charge in [-0.2, -0.15) is 4.68 Å². The van der Waals surface area contributed by atoms with Gasteiger partial charge in [0.15, 0.2) is 0 Å². The van der Waals surface area contributed by atoms with Gasteiger partial charge >= 0.3 is 6.09 Å². The maximum Gasteiger partial charge on any atom is 0.411 e. The molecule has 2 N–H and O–H groups in total. The number of halogens is 1. The van der Waals surface area contributed by atoms with Crippen LogP contribution >= 0.6 is 11.6 Å². The smallest absolute Gasteiger partial charge is 0.411 e. The number of aromatic amines is 1. The molecule has 0 aliphatic carbocycles. The lowest BCUT2D eigenvalue weighted by Crippen LogP contribution is -2.24. The standard InChI is InChI=1S/C27H23ClN8O3/c1-15-3-9-21(35-14-29-33-34-35)20(11-15)17-12-19-8-10-22(36(19)23(37)13-17)26-31-24(25(28)32-26)16-4-6-18(7-5-16)30-27(38)39-2/h3-7,9,11-14,22H,8,10H2,1-2H3,(H,30,38)(H,31,32)/t22-/m0/s1. The summed E-state index contributed by atoms with van der Waals surface area (Å²) in [7, 11) is 1.30. The molecule has 0 unspecified atom stereocenters. The number of hydrogen-bond acceptors (Lipinski definition) is 7. The number of nitrogens with zero attached hydrogens (tertiary/aromatic N) is 6. The van der Waals surface area contributed by atoms with Crippen LogP contribution in [0.15, 0.2) is 65.7 Å². The van der Waals surface area contributed by atoms with Crippen molar-refractivity contribution in [2.24, 2.45) is 0 Å². The van der Waals surface area contributed by atoms with Crippen molar-refractivity contribution in [1.29, 1.82) is 0 Å². The Kier molecular flexibility index (Phi) is 6.20. The Labute approximate surface area is 227 Å². The van der Waals surface area contributed by atoms with Gasteiger partial charge in [0, 0.05) is 28.6 Å². The molecule has 1 aliphatic rings. The molecule has 0 saturated carbocycles. The number of pyridine rings is 1. The van der Waals surface area contributed by atoms with Crippen LogP contribution < -0.4 is 10.9 Å². The lowest BCUT2D eigenvalue weighted by atomic mass is 10.0. The number of tetrazole rings is 1. The number of anilines is 1. The molecule has 39 heavy (non-hydrogen) atoms. The first-order valence-corrected chi connectivity index (χ1v) is 12.6. The summed E-state index contributed by atoms with van der Waals surface area (Å²) in [4.78, 5) is 32.9. The first kappa shape index (κ1) is 24.6. The SMILES string of the molecule is COC(=O)Nc1ccc(-c2nc([C@@H]3CCc4cc(-c5cc(C)ccc5-n5cnnn5)cc(=O)n43)[nH]c2Cl)cc1. The van der Waals surface area contributed by atoms with E-state index in [2.05, 4.69) is 30.6 Å². The molecule has 5 aromatic rings. The number of aromatic nitrogens is 7. The second-order valence-corrected chi connectivity index (χ2v) is 9.63. The molecule has 1 aliphatic heterocycles. The Bertz CT molecular complexity index is 1740. The number of carbonyl (C=O) groups excluding carboxylic acids is 1. The summed E-state index contributed by atoms with van der Waals surface area (Å²) >= 11 is 6.54. The minimum absolute atomic E-state index is 0.124. The summed E-state index contributed by atoms with van der Waals surface area (Å²) < 4.78 is 7.99. The molecule has 0 spiro atoms. The molecule has 12 heteroatoms. The normalized spacial score (nSPS) is 14.3. The summed E-state index contributed by atoms with van der Waals surface area (Å²) in [5, 5.41) is 14.5. The summed E-state index contributed by atoms with van der Waals surface area (Å²) in [5.74, 6) is 0.616. The van der Waals surface area contributed by atoms with E-state index in [0.29, 0.717) is 35.2 Å². The first-order chi connectivity index (χ1) is 18.9. The fraction of sp³-hybridized carbons (Fsp3) is 0.185. The second-order valence-electron chi connectivity index (χ2n) is 9.25. The minimum atomic E-state index is -0.551. The van der Waals surface area contributed by atoms with Crippen molar-refractivity contribution in [1.82, 2.24) is 34.7 Å². The van der Waals surface area contributed by atoms with Crippen LogP contribution in [0, 0.1) is 6.92 Å². The largest absolute Gasteiger partial charge is 0.453 e. The zero-order chi connectivity index (χ0) is 27.1. The fourth-order valence-corrected chi connectivity index (χ4v) is 5.21. The molecule has 4 heterocycles. The molecule has 1 amide bonds. The monoisotopic (exact) mass is 542 g/mol. The van der Waals surface area contributed by atoms with Gasteiger partial charge in [-0.3, -0.25) is 10.1 Å². The maximum atomic E-state index is 13.5. The van der Waals surface area contributed by atoms with Gasteiger partial charge in [0.05, 0.1) is 18.8 Å². The number of methoxy groups -OCH3 is 1. The van der Waals surface area contributed by atoms with E-state index in [-0.39, 0.29) is 11.6 Å². The Morgan fingerprint density at radius 3 is 2.69 bits per heavy atom. The molecule has 11 nitrogen and oxygen atoms in total. The van der Waals surface area contributed by atoms with E-state index >= 15 is 0 Å². The average molecular weight is 543 g/mol. The number of imidazole rings is 1. The maximum absolute atomic E-state index is 13.5. The van der Waals surface area contributed by atoms with E-state index in [1.165, 1.54) is 13.4 Å². The van der Waals surface area contributed by atoms with Crippen LogP contribution in [0.1, 0.15) is 29.5 Å². The number of H-pyrrole nitrogens is 1. The van der Waals surface area contributed by atoms with Gasteiger partial charge in [-0.15, -0.1) is 5.10 Å². The average Bonchev–Trinajstić information content (AvgIpc) is 3.69. The van der Waals surface area contributed by atoms with Gasteiger partial charge in [-0.1, -0.05) is 35.4 Å². The third kappa shape index (κ3) is 4.57. The van der Waals surface area contributed by atoms with Gasteiger partial charge in [0.1, 0.15) is 23.0 Å². The van der Waals surface area contributed by atoms with Gasteiger partial charge in [-0.05, 0) is 66.1 Å². The van der Waals surface area contributed by atoms with Crippen LogP contribution in [0.25, 0.3) is 28.1 Å². The van der Waals surface area contributed by atoms with Crippen molar-refractivity contribution in [3.63, 3.8) is 0 Å². The summed E-state index contributed by atoms with van der Waals surface area (Å²) in [6.07, 6.45) is 2.40. The summed E-state index contributed by atoms with van der Waals surface area (Å²) in [6, 6.07) is 16.5.